The fourth-order valence-corrected chi connectivity index (χ4v) is 4.33. The minimum atomic E-state index is -3.43. The van der Waals surface area contributed by atoms with Gasteiger partial charge in [-0.2, -0.15) is 4.31 Å². The molecule has 0 radical (unpaired) electrons. The predicted octanol–water partition coefficient (Wildman–Crippen LogP) is 0.313. The molecule has 100 valence electrons. The van der Waals surface area contributed by atoms with Gasteiger partial charge in [0.15, 0.2) is 5.03 Å². The van der Waals surface area contributed by atoms with E-state index in [0.29, 0.717) is 12.1 Å². The third-order valence-electron chi connectivity index (χ3n) is 4.09. The summed E-state index contributed by atoms with van der Waals surface area (Å²) in [5.74, 6) is 0. The first-order chi connectivity index (χ1) is 8.57. The number of H-pyrrole nitrogens is 1. The van der Waals surface area contributed by atoms with Crippen molar-refractivity contribution in [2.75, 3.05) is 7.05 Å². The Labute approximate surface area is 107 Å². The van der Waals surface area contributed by atoms with Crippen LogP contribution in [0.4, 0.5) is 0 Å². The molecule has 18 heavy (non-hydrogen) atoms. The van der Waals surface area contributed by atoms with Crippen LogP contribution < -0.4 is 5.32 Å². The molecule has 2 saturated heterocycles. The molecule has 0 amide bonds. The zero-order chi connectivity index (χ0) is 12.8. The molecule has 7 heteroatoms. The maximum absolute atomic E-state index is 12.4. The summed E-state index contributed by atoms with van der Waals surface area (Å²) in [7, 11) is -1.75. The van der Waals surface area contributed by atoms with Crippen LogP contribution in [0.2, 0.25) is 0 Å². The second kappa shape index (κ2) is 4.32. The number of nitrogens with zero attached hydrogens (tertiary/aromatic N) is 2. The Bertz CT molecular complexity index is 501. The summed E-state index contributed by atoms with van der Waals surface area (Å²) in [4.78, 5) is 6.46. The average molecular weight is 270 g/mol. The fourth-order valence-electron chi connectivity index (χ4n) is 3.06. The highest BCUT2D eigenvalue weighted by molar-refractivity contribution is 7.89. The largest absolute Gasteiger partial charge is 0.335 e. The van der Waals surface area contributed by atoms with E-state index in [1.54, 1.807) is 7.05 Å². The molecule has 2 N–H and O–H groups in total. The summed E-state index contributed by atoms with van der Waals surface area (Å²) in [5, 5.41) is 3.70. The van der Waals surface area contributed by atoms with Gasteiger partial charge >= 0.3 is 0 Å². The molecule has 3 rings (SSSR count). The van der Waals surface area contributed by atoms with Crippen LogP contribution in [0.1, 0.15) is 25.7 Å². The molecule has 0 aromatic carbocycles. The molecule has 2 unspecified atom stereocenters. The molecule has 2 fully saturated rings. The average Bonchev–Trinajstić information content (AvgIpc) is 2.98. The maximum atomic E-state index is 12.4. The molecule has 2 aliphatic rings. The van der Waals surface area contributed by atoms with Crippen LogP contribution in [0, 0.1) is 0 Å². The molecule has 3 heterocycles. The number of rotatable bonds is 3. The van der Waals surface area contributed by atoms with Crippen LogP contribution in [-0.2, 0) is 10.0 Å². The van der Waals surface area contributed by atoms with Crippen molar-refractivity contribution in [3.63, 3.8) is 0 Å². The highest BCUT2D eigenvalue weighted by Gasteiger charge is 2.39. The molecule has 1 aromatic rings. The molecular formula is C11H18N4O2S. The lowest BCUT2D eigenvalue weighted by atomic mass is 10.0. The van der Waals surface area contributed by atoms with Crippen molar-refractivity contribution in [1.82, 2.24) is 19.6 Å². The van der Waals surface area contributed by atoms with Gasteiger partial charge in [0.1, 0.15) is 0 Å². The summed E-state index contributed by atoms with van der Waals surface area (Å²) in [6.45, 7) is 0. The first-order valence-corrected chi connectivity index (χ1v) is 7.74. The van der Waals surface area contributed by atoms with Crippen LogP contribution in [-0.4, -0.2) is 47.9 Å². The van der Waals surface area contributed by atoms with E-state index < -0.39 is 10.0 Å². The van der Waals surface area contributed by atoms with E-state index in [1.807, 2.05) is 0 Å². The summed E-state index contributed by atoms with van der Waals surface area (Å²) >= 11 is 0. The second-order valence-electron chi connectivity index (χ2n) is 5.20. The molecule has 0 aliphatic carbocycles. The lowest BCUT2D eigenvalue weighted by Crippen LogP contribution is -2.48. The van der Waals surface area contributed by atoms with E-state index >= 15 is 0 Å². The summed E-state index contributed by atoms with van der Waals surface area (Å²) < 4.78 is 26.2. The van der Waals surface area contributed by atoms with E-state index in [1.165, 1.54) is 29.7 Å². The summed E-state index contributed by atoms with van der Waals surface area (Å²) in [6.07, 6.45) is 6.90. The van der Waals surface area contributed by atoms with Crippen LogP contribution in [0.25, 0.3) is 0 Å². The van der Waals surface area contributed by atoms with Gasteiger partial charge in [-0.05, 0) is 25.7 Å². The number of fused-ring (bicyclic) bond motifs is 2. The number of aromatic nitrogens is 2. The lowest BCUT2D eigenvalue weighted by Gasteiger charge is -2.34. The van der Waals surface area contributed by atoms with Gasteiger partial charge in [0.25, 0.3) is 10.0 Å². The quantitative estimate of drug-likeness (QED) is 0.829. The van der Waals surface area contributed by atoms with Gasteiger partial charge in [-0.15, -0.1) is 0 Å². The van der Waals surface area contributed by atoms with Crippen molar-refractivity contribution >= 4 is 10.0 Å². The normalized spacial score (nSPS) is 32.0. The van der Waals surface area contributed by atoms with E-state index in [0.717, 1.165) is 12.8 Å². The molecular weight excluding hydrogens is 252 g/mol. The number of nitrogens with one attached hydrogen (secondary N) is 2. The molecule has 2 bridgehead atoms. The van der Waals surface area contributed by atoms with Gasteiger partial charge in [-0.1, -0.05) is 0 Å². The summed E-state index contributed by atoms with van der Waals surface area (Å²) in [6, 6.07) is 1.05. The second-order valence-corrected chi connectivity index (χ2v) is 7.17. The monoisotopic (exact) mass is 270 g/mol. The van der Waals surface area contributed by atoms with Crippen molar-refractivity contribution < 1.29 is 8.42 Å². The number of hydrogen-bond acceptors (Lipinski definition) is 4. The predicted molar refractivity (Wildman–Crippen MR) is 66.5 cm³/mol. The standard InChI is InChI=1S/C11H18N4O2S/c1-15(18(16,17)11-6-12-7-13-11)10-4-8-2-3-9(5-10)14-8/h6-10,14H,2-5H2,1H3,(H,12,13). The maximum Gasteiger partial charge on any atom is 0.260 e. The van der Waals surface area contributed by atoms with Gasteiger partial charge in [-0.3, -0.25) is 0 Å². The minimum absolute atomic E-state index is 0.0945. The highest BCUT2D eigenvalue weighted by Crippen LogP contribution is 2.31. The third-order valence-corrected chi connectivity index (χ3v) is 5.93. The Kier molecular flexibility index (Phi) is 2.91. The number of sulfonamides is 1. The van der Waals surface area contributed by atoms with E-state index in [-0.39, 0.29) is 11.1 Å². The topological polar surface area (TPSA) is 78.1 Å². The fraction of sp³-hybridized carbons (Fsp3) is 0.727. The first-order valence-electron chi connectivity index (χ1n) is 6.30. The molecule has 2 aliphatic heterocycles. The molecule has 0 saturated carbocycles. The Morgan fingerprint density at radius 3 is 2.56 bits per heavy atom. The Hall–Kier alpha value is -0.920. The Balaban J connectivity index is 1.80. The van der Waals surface area contributed by atoms with Gasteiger partial charge < -0.3 is 10.3 Å². The SMILES string of the molecule is CN(C1CC2CCC(C1)N2)S(=O)(=O)c1cnc[nH]1. The number of imidazole rings is 1. The van der Waals surface area contributed by atoms with Gasteiger partial charge in [-0.25, -0.2) is 13.4 Å². The van der Waals surface area contributed by atoms with Crippen molar-refractivity contribution in [1.29, 1.82) is 0 Å². The van der Waals surface area contributed by atoms with Crippen LogP contribution in [0.5, 0.6) is 0 Å². The molecule has 1 aromatic heterocycles. The smallest absolute Gasteiger partial charge is 0.260 e. The third kappa shape index (κ3) is 1.96. The molecule has 6 nitrogen and oxygen atoms in total. The van der Waals surface area contributed by atoms with Gasteiger partial charge in [0.05, 0.1) is 12.5 Å². The Morgan fingerprint density at radius 2 is 2.00 bits per heavy atom. The number of piperidine rings is 1. The Morgan fingerprint density at radius 1 is 1.33 bits per heavy atom. The highest BCUT2D eigenvalue weighted by atomic mass is 32.2. The van der Waals surface area contributed by atoms with Crippen molar-refractivity contribution in [3.8, 4) is 0 Å². The van der Waals surface area contributed by atoms with Gasteiger partial charge in [0.2, 0.25) is 0 Å². The number of aromatic amines is 1. The summed E-state index contributed by atoms with van der Waals surface area (Å²) in [5.41, 5.74) is 0. The van der Waals surface area contributed by atoms with E-state index in [4.69, 9.17) is 0 Å². The molecule has 0 spiro atoms. The minimum Gasteiger partial charge on any atom is -0.335 e. The van der Waals surface area contributed by atoms with Crippen molar-refractivity contribution in [3.05, 3.63) is 12.5 Å². The number of hydrogen-bond donors (Lipinski definition) is 2. The molecule has 2 atom stereocenters. The van der Waals surface area contributed by atoms with E-state index in [2.05, 4.69) is 15.3 Å². The van der Waals surface area contributed by atoms with Crippen LogP contribution in [0.15, 0.2) is 17.6 Å². The van der Waals surface area contributed by atoms with Gasteiger partial charge in [0, 0.05) is 25.2 Å². The van der Waals surface area contributed by atoms with Crippen LogP contribution in [0.3, 0.4) is 0 Å². The van der Waals surface area contributed by atoms with Crippen molar-refractivity contribution in [2.45, 2.75) is 48.8 Å². The lowest BCUT2D eigenvalue weighted by molar-refractivity contribution is 0.251. The van der Waals surface area contributed by atoms with Crippen LogP contribution >= 0.6 is 0 Å². The first kappa shape index (κ1) is 12.1. The zero-order valence-corrected chi connectivity index (χ0v) is 11.2. The zero-order valence-electron chi connectivity index (χ0n) is 10.3. The van der Waals surface area contributed by atoms with E-state index in [9.17, 15) is 8.42 Å². The van der Waals surface area contributed by atoms with Crippen molar-refractivity contribution in [2.24, 2.45) is 0 Å².